The number of methoxy groups -OCH3 is 1. The Bertz CT molecular complexity index is 740. The standard InChI is InChI=1S/C19H18ClN3O/c1-24-19-9-8-15(20)12-18(19)23(13-16-6-2-4-10-21-16)14-17-7-3-5-11-22-17/h2-12H,13-14H2,1H3. The summed E-state index contributed by atoms with van der Waals surface area (Å²) in [6.45, 7) is 1.27. The first kappa shape index (κ1) is 16.3. The molecule has 4 nitrogen and oxygen atoms in total. The summed E-state index contributed by atoms with van der Waals surface area (Å²) < 4.78 is 5.52. The van der Waals surface area contributed by atoms with Crippen LogP contribution in [0, 0.1) is 0 Å². The number of anilines is 1. The van der Waals surface area contributed by atoms with Crippen LogP contribution in [0.1, 0.15) is 11.4 Å². The molecule has 5 heteroatoms. The average Bonchev–Trinajstić information content (AvgIpc) is 2.63. The van der Waals surface area contributed by atoms with Crippen molar-refractivity contribution in [3.8, 4) is 5.75 Å². The maximum Gasteiger partial charge on any atom is 0.142 e. The van der Waals surface area contributed by atoms with Crippen LogP contribution in [0.15, 0.2) is 67.0 Å². The Morgan fingerprint density at radius 1 is 0.917 bits per heavy atom. The normalized spacial score (nSPS) is 10.4. The van der Waals surface area contributed by atoms with Crippen LogP contribution in [0.5, 0.6) is 5.75 Å². The highest BCUT2D eigenvalue weighted by atomic mass is 35.5. The van der Waals surface area contributed by atoms with Gasteiger partial charge in [0.05, 0.1) is 37.3 Å². The van der Waals surface area contributed by atoms with Crippen molar-refractivity contribution in [3.05, 3.63) is 83.4 Å². The minimum absolute atomic E-state index is 0.633. The Balaban J connectivity index is 1.96. The molecular weight excluding hydrogens is 322 g/mol. The van der Waals surface area contributed by atoms with E-state index in [-0.39, 0.29) is 0 Å². The number of halogens is 1. The lowest BCUT2D eigenvalue weighted by Crippen LogP contribution is -2.23. The fourth-order valence-corrected chi connectivity index (χ4v) is 2.68. The topological polar surface area (TPSA) is 38.2 Å². The molecule has 0 unspecified atom stereocenters. The van der Waals surface area contributed by atoms with E-state index in [0.717, 1.165) is 22.8 Å². The van der Waals surface area contributed by atoms with Gasteiger partial charge in [0.15, 0.2) is 0 Å². The summed E-state index contributed by atoms with van der Waals surface area (Å²) in [5.41, 5.74) is 2.85. The first-order valence-corrected chi connectivity index (χ1v) is 8.02. The Labute approximate surface area is 146 Å². The van der Waals surface area contributed by atoms with Gasteiger partial charge in [0.25, 0.3) is 0 Å². The molecule has 0 spiro atoms. The first-order chi connectivity index (χ1) is 11.8. The Morgan fingerprint density at radius 2 is 1.54 bits per heavy atom. The van der Waals surface area contributed by atoms with Crippen LogP contribution in [0.3, 0.4) is 0 Å². The van der Waals surface area contributed by atoms with Crippen molar-refractivity contribution in [2.75, 3.05) is 12.0 Å². The third-order valence-electron chi connectivity index (χ3n) is 3.64. The summed E-state index contributed by atoms with van der Waals surface area (Å²) in [6.07, 6.45) is 3.59. The number of rotatable bonds is 6. The molecule has 0 fully saturated rings. The highest BCUT2D eigenvalue weighted by molar-refractivity contribution is 6.30. The number of hydrogen-bond donors (Lipinski definition) is 0. The van der Waals surface area contributed by atoms with Crippen molar-refractivity contribution in [1.29, 1.82) is 0 Å². The molecule has 0 bridgehead atoms. The van der Waals surface area contributed by atoms with Crippen LogP contribution >= 0.6 is 11.6 Å². The Hall–Kier alpha value is -2.59. The molecule has 0 radical (unpaired) electrons. The van der Waals surface area contributed by atoms with Gasteiger partial charge in [0.1, 0.15) is 5.75 Å². The van der Waals surface area contributed by atoms with Crippen LogP contribution in [0.25, 0.3) is 0 Å². The molecule has 0 atom stereocenters. The summed E-state index contributed by atoms with van der Waals surface area (Å²) in [5.74, 6) is 0.770. The molecule has 1 aromatic carbocycles. The lowest BCUT2D eigenvalue weighted by atomic mass is 10.2. The predicted octanol–water partition coefficient (Wildman–Crippen LogP) is 4.35. The van der Waals surface area contributed by atoms with Crippen LogP contribution in [0.4, 0.5) is 5.69 Å². The molecule has 0 aliphatic carbocycles. The van der Waals surface area contributed by atoms with Gasteiger partial charge in [0, 0.05) is 17.4 Å². The van der Waals surface area contributed by atoms with Crippen molar-refractivity contribution in [2.45, 2.75) is 13.1 Å². The van der Waals surface area contributed by atoms with Gasteiger partial charge >= 0.3 is 0 Å². The summed E-state index contributed by atoms with van der Waals surface area (Å²) in [6, 6.07) is 17.4. The summed E-state index contributed by atoms with van der Waals surface area (Å²) >= 11 is 6.21. The van der Waals surface area contributed by atoms with Gasteiger partial charge in [-0.3, -0.25) is 9.97 Å². The third-order valence-corrected chi connectivity index (χ3v) is 3.87. The second-order valence-corrected chi connectivity index (χ2v) is 5.75. The van der Waals surface area contributed by atoms with Gasteiger partial charge in [-0.15, -0.1) is 0 Å². The summed E-state index contributed by atoms with van der Waals surface area (Å²) in [5, 5.41) is 0.665. The van der Waals surface area contributed by atoms with Crippen molar-refractivity contribution >= 4 is 17.3 Å². The van der Waals surface area contributed by atoms with Gasteiger partial charge in [-0.25, -0.2) is 0 Å². The maximum atomic E-state index is 6.21. The highest BCUT2D eigenvalue weighted by Gasteiger charge is 2.15. The van der Waals surface area contributed by atoms with E-state index in [2.05, 4.69) is 14.9 Å². The second-order valence-electron chi connectivity index (χ2n) is 5.31. The third kappa shape index (κ3) is 4.03. The first-order valence-electron chi connectivity index (χ1n) is 7.64. The molecule has 3 aromatic rings. The van der Waals surface area contributed by atoms with Gasteiger partial charge in [-0.1, -0.05) is 23.7 Å². The molecule has 0 aliphatic rings. The fourth-order valence-electron chi connectivity index (χ4n) is 2.51. The lowest BCUT2D eigenvalue weighted by Gasteiger charge is -2.26. The highest BCUT2D eigenvalue weighted by Crippen LogP contribution is 2.33. The molecule has 2 aromatic heterocycles. The Kier molecular flexibility index (Phi) is 5.29. The molecule has 122 valence electrons. The van der Waals surface area contributed by atoms with Crippen molar-refractivity contribution in [1.82, 2.24) is 9.97 Å². The SMILES string of the molecule is COc1ccc(Cl)cc1N(Cc1ccccn1)Cc1ccccn1. The molecule has 3 rings (SSSR count). The van der Waals surface area contributed by atoms with Crippen LogP contribution in [-0.4, -0.2) is 17.1 Å². The largest absolute Gasteiger partial charge is 0.495 e. The van der Waals surface area contributed by atoms with Crippen LogP contribution in [0.2, 0.25) is 5.02 Å². The zero-order valence-corrected chi connectivity index (χ0v) is 14.1. The van der Waals surface area contributed by atoms with Crippen LogP contribution < -0.4 is 9.64 Å². The molecule has 0 amide bonds. The average molecular weight is 340 g/mol. The van der Waals surface area contributed by atoms with Crippen LogP contribution in [-0.2, 0) is 13.1 Å². The maximum absolute atomic E-state index is 6.21. The predicted molar refractivity (Wildman–Crippen MR) is 96.4 cm³/mol. The molecule has 0 aliphatic heterocycles. The number of hydrogen-bond acceptors (Lipinski definition) is 4. The zero-order chi connectivity index (χ0) is 16.8. The van der Waals surface area contributed by atoms with Gasteiger partial charge in [-0.05, 0) is 42.5 Å². The van der Waals surface area contributed by atoms with E-state index < -0.39 is 0 Å². The number of aromatic nitrogens is 2. The number of benzene rings is 1. The molecule has 0 N–H and O–H groups in total. The Morgan fingerprint density at radius 3 is 2.04 bits per heavy atom. The minimum Gasteiger partial charge on any atom is -0.495 e. The van der Waals surface area contributed by atoms with E-state index in [9.17, 15) is 0 Å². The smallest absolute Gasteiger partial charge is 0.142 e. The monoisotopic (exact) mass is 339 g/mol. The molecule has 0 saturated carbocycles. The second kappa shape index (κ2) is 7.79. The van der Waals surface area contributed by atoms with E-state index in [4.69, 9.17) is 16.3 Å². The number of pyridine rings is 2. The lowest BCUT2D eigenvalue weighted by molar-refractivity contribution is 0.414. The van der Waals surface area contributed by atoms with Crippen molar-refractivity contribution < 1.29 is 4.74 Å². The molecule has 2 heterocycles. The van der Waals surface area contributed by atoms with E-state index in [1.165, 1.54) is 0 Å². The quantitative estimate of drug-likeness (QED) is 0.669. The zero-order valence-electron chi connectivity index (χ0n) is 13.4. The number of nitrogens with zero attached hydrogens (tertiary/aromatic N) is 3. The van der Waals surface area contributed by atoms with E-state index in [1.54, 1.807) is 19.5 Å². The summed E-state index contributed by atoms with van der Waals surface area (Å²) in [4.78, 5) is 11.0. The van der Waals surface area contributed by atoms with E-state index in [0.29, 0.717) is 18.1 Å². The van der Waals surface area contributed by atoms with E-state index >= 15 is 0 Å². The van der Waals surface area contributed by atoms with E-state index in [1.807, 2.05) is 54.6 Å². The van der Waals surface area contributed by atoms with Gasteiger partial charge in [-0.2, -0.15) is 0 Å². The number of ether oxygens (including phenoxy) is 1. The fraction of sp³-hybridized carbons (Fsp3) is 0.158. The van der Waals surface area contributed by atoms with Crippen molar-refractivity contribution in [2.24, 2.45) is 0 Å². The summed E-state index contributed by atoms with van der Waals surface area (Å²) in [7, 11) is 1.66. The van der Waals surface area contributed by atoms with Gasteiger partial charge < -0.3 is 9.64 Å². The molecule has 24 heavy (non-hydrogen) atoms. The van der Waals surface area contributed by atoms with Crippen molar-refractivity contribution in [3.63, 3.8) is 0 Å². The minimum atomic E-state index is 0.633. The molecular formula is C19H18ClN3O. The molecule has 0 saturated heterocycles. The van der Waals surface area contributed by atoms with Gasteiger partial charge in [0.2, 0.25) is 0 Å².